The summed E-state index contributed by atoms with van der Waals surface area (Å²) in [7, 11) is 1.64. The minimum absolute atomic E-state index is 0.225. The zero-order chi connectivity index (χ0) is 23.8. The number of methoxy groups -OCH3 is 1. The number of fused-ring (bicyclic) bond motifs is 1. The van der Waals surface area contributed by atoms with Crippen LogP contribution in [-0.4, -0.2) is 67.5 Å². The van der Waals surface area contributed by atoms with Gasteiger partial charge in [0.25, 0.3) is 5.91 Å². The van der Waals surface area contributed by atoms with Gasteiger partial charge in [-0.2, -0.15) is 0 Å². The number of amides is 1. The van der Waals surface area contributed by atoms with Crippen LogP contribution in [0.15, 0.2) is 30.5 Å². The molecule has 2 aromatic heterocycles. The first-order chi connectivity index (χ1) is 17.1. The number of ether oxygens (including phenoxy) is 3. The van der Waals surface area contributed by atoms with Gasteiger partial charge in [0, 0.05) is 50.1 Å². The van der Waals surface area contributed by atoms with Crippen LogP contribution in [0.4, 0.5) is 11.8 Å². The number of aromatic nitrogens is 3. The van der Waals surface area contributed by atoms with Gasteiger partial charge in [0.2, 0.25) is 5.95 Å². The number of imidazole rings is 1. The number of nitrogens with one attached hydrogen (secondary N) is 2. The van der Waals surface area contributed by atoms with Gasteiger partial charge in [0.05, 0.1) is 19.2 Å². The molecule has 35 heavy (non-hydrogen) atoms. The average molecular weight is 478 g/mol. The molecule has 0 radical (unpaired) electrons. The Hall–Kier alpha value is -3.17. The molecule has 0 unspecified atom stereocenters. The van der Waals surface area contributed by atoms with Gasteiger partial charge >= 0.3 is 0 Å². The van der Waals surface area contributed by atoms with Crippen LogP contribution in [0.1, 0.15) is 47.5 Å². The van der Waals surface area contributed by atoms with E-state index in [0.29, 0.717) is 23.2 Å². The fraction of sp³-hybridized carbons (Fsp3) is 0.500. The van der Waals surface area contributed by atoms with Crippen molar-refractivity contribution >= 4 is 28.7 Å². The van der Waals surface area contributed by atoms with E-state index in [-0.39, 0.29) is 11.3 Å². The molecule has 3 saturated heterocycles. The Morgan fingerprint density at radius 1 is 1.20 bits per heavy atom. The number of hydrogen-bond donors (Lipinski definition) is 2. The summed E-state index contributed by atoms with van der Waals surface area (Å²) in [5, 5.41) is 2.94. The molecule has 3 fully saturated rings. The first-order valence-electron chi connectivity index (χ1n) is 12.4. The SMILES string of the molecule is COc1ccc(C2CCOCC2)c2nc(NC(=O)c3ccnc(N4CC[C@]5(CCOC5)C4)c3)[nH]c12. The highest BCUT2D eigenvalue weighted by Crippen LogP contribution is 2.40. The van der Waals surface area contributed by atoms with Crippen molar-refractivity contribution in [2.24, 2.45) is 5.41 Å². The third kappa shape index (κ3) is 4.23. The summed E-state index contributed by atoms with van der Waals surface area (Å²) in [5.74, 6) is 2.09. The number of hydrogen-bond acceptors (Lipinski definition) is 7. The predicted octanol–water partition coefficient (Wildman–Crippen LogP) is 3.73. The van der Waals surface area contributed by atoms with Crippen molar-refractivity contribution in [2.75, 3.05) is 56.8 Å². The Bertz CT molecular complexity index is 1230. The van der Waals surface area contributed by atoms with Crippen LogP contribution in [0.3, 0.4) is 0 Å². The molecule has 1 spiro atoms. The molecule has 6 rings (SSSR count). The highest BCUT2D eigenvalue weighted by atomic mass is 16.5. The molecule has 0 aliphatic carbocycles. The van der Waals surface area contributed by atoms with E-state index < -0.39 is 0 Å². The van der Waals surface area contributed by atoms with Crippen LogP contribution in [0.2, 0.25) is 0 Å². The summed E-state index contributed by atoms with van der Waals surface area (Å²) in [5.41, 5.74) is 3.57. The topological polar surface area (TPSA) is 102 Å². The first-order valence-corrected chi connectivity index (χ1v) is 12.4. The summed E-state index contributed by atoms with van der Waals surface area (Å²) in [6.45, 7) is 5.00. The van der Waals surface area contributed by atoms with Crippen LogP contribution in [0.5, 0.6) is 5.75 Å². The number of carbonyl (C=O) groups excluding carboxylic acids is 1. The summed E-state index contributed by atoms with van der Waals surface area (Å²) in [6.07, 6.45) is 5.81. The lowest BCUT2D eigenvalue weighted by molar-refractivity contribution is 0.0856. The van der Waals surface area contributed by atoms with Crippen LogP contribution in [0.25, 0.3) is 11.0 Å². The molecule has 1 aromatic carbocycles. The van der Waals surface area contributed by atoms with Gasteiger partial charge in [-0.1, -0.05) is 6.07 Å². The van der Waals surface area contributed by atoms with Crippen molar-refractivity contribution in [3.63, 3.8) is 0 Å². The standard InChI is InChI=1S/C26H31N5O4/c1-33-20-3-2-19(17-5-11-34-12-6-17)22-23(20)29-25(28-22)30-24(32)18-4-9-27-21(14-18)31-10-7-26(15-31)8-13-35-16-26/h2-4,9,14,17H,5-8,10-13,15-16H2,1H3,(H2,28,29,30,32)/t26-/m0/s1. The number of pyridine rings is 1. The number of carbonyl (C=O) groups is 1. The number of anilines is 2. The summed E-state index contributed by atoms with van der Waals surface area (Å²) < 4.78 is 16.7. The van der Waals surface area contributed by atoms with Crippen LogP contribution in [-0.2, 0) is 9.47 Å². The van der Waals surface area contributed by atoms with Crippen LogP contribution >= 0.6 is 0 Å². The third-order valence-corrected chi connectivity index (χ3v) is 7.71. The van der Waals surface area contributed by atoms with Crippen molar-refractivity contribution in [3.8, 4) is 5.75 Å². The molecular formula is C26H31N5O4. The highest BCUT2D eigenvalue weighted by molar-refractivity contribution is 6.04. The molecule has 5 heterocycles. The first kappa shape index (κ1) is 22.3. The lowest BCUT2D eigenvalue weighted by atomic mass is 9.87. The number of H-pyrrole nitrogens is 1. The quantitative estimate of drug-likeness (QED) is 0.577. The van der Waals surface area contributed by atoms with Gasteiger partial charge in [-0.25, -0.2) is 9.97 Å². The van der Waals surface area contributed by atoms with E-state index in [1.54, 1.807) is 19.4 Å². The van der Waals surface area contributed by atoms with Gasteiger partial charge in [0.15, 0.2) is 0 Å². The predicted molar refractivity (Wildman–Crippen MR) is 132 cm³/mol. The van der Waals surface area contributed by atoms with Crippen LogP contribution < -0.4 is 15.0 Å². The maximum absolute atomic E-state index is 13.2. The second-order valence-corrected chi connectivity index (χ2v) is 9.88. The van der Waals surface area contributed by atoms with E-state index in [1.807, 2.05) is 12.1 Å². The van der Waals surface area contributed by atoms with Crippen LogP contribution in [0, 0.1) is 5.41 Å². The minimum atomic E-state index is -0.225. The fourth-order valence-corrected chi connectivity index (χ4v) is 5.67. The van der Waals surface area contributed by atoms with E-state index in [4.69, 9.17) is 19.2 Å². The Morgan fingerprint density at radius 2 is 2.09 bits per heavy atom. The second-order valence-electron chi connectivity index (χ2n) is 9.88. The summed E-state index contributed by atoms with van der Waals surface area (Å²) in [6, 6.07) is 7.64. The van der Waals surface area contributed by atoms with Crippen molar-refractivity contribution < 1.29 is 19.0 Å². The van der Waals surface area contributed by atoms with Crippen molar-refractivity contribution in [3.05, 3.63) is 41.6 Å². The number of nitrogens with zero attached hydrogens (tertiary/aromatic N) is 3. The molecule has 1 atom stereocenters. The molecule has 9 heteroatoms. The molecule has 9 nitrogen and oxygen atoms in total. The number of rotatable bonds is 5. The third-order valence-electron chi connectivity index (χ3n) is 7.71. The summed E-state index contributed by atoms with van der Waals surface area (Å²) >= 11 is 0. The minimum Gasteiger partial charge on any atom is -0.494 e. The molecular weight excluding hydrogens is 446 g/mol. The molecule has 2 N–H and O–H groups in total. The van der Waals surface area contributed by atoms with Crippen molar-refractivity contribution in [1.29, 1.82) is 0 Å². The molecule has 3 aliphatic heterocycles. The Labute approximate surface area is 204 Å². The van der Waals surface area contributed by atoms with E-state index in [0.717, 1.165) is 87.6 Å². The highest BCUT2D eigenvalue weighted by Gasteiger charge is 2.41. The zero-order valence-electron chi connectivity index (χ0n) is 20.0. The summed E-state index contributed by atoms with van der Waals surface area (Å²) in [4.78, 5) is 28.0. The molecule has 3 aliphatic rings. The molecule has 0 bridgehead atoms. The van der Waals surface area contributed by atoms with E-state index in [2.05, 4.69) is 26.3 Å². The number of aromatic amines is 1. The molecule has 184 valence electrons. The number of benzene rings is 1. The zero-order valence-corrected chi connectivity index (χ0v) is 20.0. The van der Waals surface area contributed by atoms with E-state index in [9.17, 15) is 4.79 Å². The monoisotopic (exact) mass is 477 g/mol. The Morgan fingerprint density at radius 3 is 2.89 bits per heavy atom. The smallest absolute Gasteiger partial charge is 0.258 e. The van der Waals surface area contributed by atoms with Gasteiger partial charge in [-0.3, -0.25) is 10.1 Å². The van der Waals surface area contributed by atoms with Crippen molar-refractivity contribution in [1.82, 2.24) is 15.0 Å². The van der Waals surface area contributed by atoms with Gasteiger partial charge in [-0.05, 0) is 55.4 Å². The van der Waals surface area contributed by atoms with Gasteiger partial charge in [0.1, 0.15) is 17.1 Å². The molecule has 0 saturated carbocycles. The van der Waals surface area contributed by atoms with E-state index in [1.165, 1.54) is 0 Å². The lowest BCUT2D eigenvalue weighted by Gasteiger charge is -2.22. The fourth-order valence-electron chi connectivity index (χ4n) is 5.67. The lowest BCUT2D eigenvalue weighted by Crippen LogP contribution is -2.28. The average Bonchev–Trinajstić information content (AvgIpc) is 3.65. The van der Waals surface area contributed by atoms with Gasteiger partial charge in [-0.15, -0.1) is 0 Å². The van der Waals surface area contributed by atoms with Gasteiger partial charge < -0.3 is 24.1 Å². The maximum Gasteiger partial charge on any atom is 0.258 e. The van der Waals surface area contributed by atoms with E-state index >= 15 is 0 Å². The second kappa shape index (κ2) is 9.13. The Balaban J connectivity index is 1.23. The normalized spacial score (nSPS) is 22.8. The Kier molecular flexibility index (Phi) is 5.82. The van der Waals surface area contributed by atoms with Crippen molar-refractivity contribution in [2.45, 2.75) is 31.6 Å². The largest absolute Gasteiger partial charge is 0.494 e. The molecule has 3 aromatic rings. The maximum atomic E-state index is 13.2. The molecule has 1 amide bonds.